The van der Waals surface area contributed by atoms with Crippen molar-refractivity contribution in [3.63, 3.8) is 0 Å². The van der Waals surface area contributed by atoms with Gasteiger partial charge in [-0.05, 0) is 38.2 Å². The summed E-state index contributed by atoms with van der Waals surface area (Å²) in [5.41, 5.74) is 4.05. The Morgan fingerprint density at radius 1 is 1.08 bits per heavy atom. The van der Waals surface area contributed by atoms with Gasteiger partial charge in [0.05, 0.1) is 24.1 Å². The van der Waals surface area contributed by atoms with Crippen molar-refractivity contribution in [2.45, 2.75) is 26.6 Å². The molecule has 0 saturated carbocycles. The second kappa shape index (κ2) is 7.09. The Bertz CT molecular complexity index is 1010. The minimum absolute atomic E-state index is 0.672. The molecule has 0 radical (unpaired) electrons. The molecule has 26 heavy (non-hydrogen) atoms. The standard InChI is InChI=1S/C20H21N5O/c1-3-25-19-7-5-4-6-17(19)22-20(25)14-24(2)13-16-12-18(23-26-16)15-8-10-21-11-9-15/h4-12H,3,13-14H2,1-2H3. The van der Waals surface area contributed by atoms with E-state index < -0.39 is 0 Å². The number of hydrogen-bond acceptors (Lipinski definition) is 5. The largest absolute Gasteiger partial charge is 0.359 e. The molecule has 0 aliphatic carbocycles. The summed E-state index contributed by atoms with van der Waals surface area (Å²) in [6.07, 6.45) is 3.51. The number of fused-ring (bicyclic) bond motifs is 1. The van der Waals surface area contributed by atoms with Crippen molar-refractivity contribution in [1.82, 2.24) is 24.6 Å². The molecule has 0 amide bonds. The first-order valence-electron chi connectivity index (χ1n) is 8.73. The lowest BCUT2D eigenvalue weighted by atomic mass is 10.2. The third kappa shape index (κ3) is 3.23. The van der Waals surface area contributed by atoms with E-state index in [1.807, 2.05) is 24.3 Å². The van der Waals surface area contributed by atoms with E-state index in [-0.39, 0.29) is 0 Å². The number of aryl methyl sites for hydroxylation is 1. The van der Waals surface area contributed by atoms with Crippen molar-refractivity contribution in [1.29, 1.82) is 0 Å². The van der Waals surface area contributed by atoms with Gasteiger partial charge in [0.2, 0.25) is 0 Å². The van der Waals surface area contributed by atoms with E-state index in [9.17, 15) is 0 Å². The van der Waals surface area contributed by atoms with Crippen LogP contribution in [0.1, 0.15) is 18.5 Å². The van der Waals surface area contributed by atoms with Gasteiger partial charge in [-0.25, -0.2) is 4.98 Å². The molecule has 4 aromatic rings. The summed E-state index contributed by atoms with van der Waals surface area (Å²) >= 11 is 0. The van der Waals surface area contributed by atoms with Crippen molar-refractivity contribution >= 4 is 11.0 Å². The highest BCUT2D eigenvalue weighted by molar-refractivity contribution is 5.75. The van der Waals surface area contributed by atoms with Crippen LogP contribution in [0, 0.1) is 0 Å². The number of nitrogens with zero attached hydrogens (tertiary/aromatic N) is 5. The Labute approximate surface area is 152 Å². The number of hydrogen-bond donors (Lipinski definition) is 0. The number of rotatable bonds is 6. The van der Waals surface area contributed by atoms with Gasteiger partial charge in [0.25, 0.3) is 0 Å². The van der Waals surface area contributed by atoms with Crippen LogP contribution in [0.3, 0.4) is 0 Å². The highest BCUT2D eigenvalue weighted by Gasteiger charge is 2.13. The molecule has 4 rings (SSSR count). The van der Waals surface area contributed by atoms with Crippen molar-refractivity contribution in [3.8, 4) is 11.3 Å². The van der Waals surface area contributed by atoms with E-state index >= 15 is 0 Å². The number of pyridine rings is 1. The third-order valence-corrected chi connectivity index (χ3v) is 4.42. The van der Waals surface area contributed by atoms with Gasteiger partial charge in [-0.1, -0.05) is 17.3 Å². The zero-order valence-corrected chi connectivity index (χ0v) is 15.0. The van der Waals surface area contributed by atoms with Gasteiger partial charge in [0.15, 0.2) is 5.76 Å². The monoisotopic (exact) mass is 347 g/mol. The predicted octanol–water partition coefficient (Wildman–Crippen LogP) is 3.74. The Kier molecular flexibility index (Phi) is 4.50. The Morgan fingerprint density at radius 3 is 2.69 bits per heavy atom. The minimum Gasteiger partial charge on any atom is -0.359 e. The summed E-state index contributed by atoms with van der Waals surface area (Å²) < 4.78 is 7.76. The first kappa shape index (κ1) is 16.5. The lowest BCUT2D eigenvalue weighted by Crippen LogP contribution is -2.19. The van der Waals surface area contributed by atoms with Gasteiger partial charge in [0.1, 0.15) is 11.5 Å². The van der Waals surface area contributed by atoms with E-state index in [1.54, 1.807) is 12.4 Å². The lowest BCUT2D eigenvalue weighted by Gasteiger charge is -2.15. The maximum atomic E-state index is 5.50. The zero-order valence-electron chi connectivity index (χ0n) is 15.0. The number of aromatic nitrogens is 4. The molecule has 0 fully saturated rings. The molecule has 1 aromatic carbocycles. The second-order valence-corrected chi connectivity index (χ2v) is 6.35. The number of para-hydroxylation sites is 2. The van der Waals surface area contributed by atoms with Gasteiger partial charge in [-0.2, -0.15) is 0 Å². The average molecular weight is 347 g/mol. The number of imidazole rings is 1. The van der Waals surface area contributed by atoms with Crippen LogP contribution in [-0.2, 0) is 19.6 Å². The smallest absolute Gasteiger partial charge is 0.151 e. The zero-order chi connectivity index (χ0) is 17.9. The molecule has 132 valence electrons. The molecule has 6 nitrogen and oxygen atoms in total. The molecular formula is C20H21N5O. The minimum atomic E-state index is 0.672. The maximum Gasteiger partial charge on any atom is 0.151 e. The molecule has 0 N–H and O–H groups in total. The molecule has 3 aromatic heterocycles. The fourth-order valence-electron chi connectivity index (χ4n) is 3.21. The molecule has 0 aliphatic heterocycles. The summed E-state index contributed by atoms with van der Waals surface area (Å²) in [6.45, 7) is 4.46. The molecule has 0 bridgehead atoms. The first-order valence-corrected chi connectivity index (χ1v) is 8.73. The molecule has 0 atom stereocenters. The third-order valence-electron chi connectivity index (χ3n) is 4.42. The topological polar surface area (TPSA) is 60.0 Å². The van der Waals surface area contributed by atoms with Crippen LogP contribution in [0.4, 0.5) is 0 Å². The van der Waals surface area contributed by atoms with E-state index in [0.29, 0.717) is 6.54 Å². The maximum absolute atomic E-state index is 5.50. The van der Waals surface area contributed by atoms with Gasteiger partial charge in [0, 0.05) is 30.6 Å². The summed E-state index contributed by atoms with van der Waals surface area (Å²) in [6, 6.07) is 14.1. The molecular weight excluding hydrogens is 326 g/mol. The van der Waals surface area contributed by atoms with Crippen molar-refractivity contribution < 1.29 is 4.52 Å². The van der Waals surface area contributed by atoms with E-state index in [0.717, 1.165) is 41.4 Å². The molecule has 0 unspecified atom stereocenters. The first-order chi connectivity index (χ1) is 12.7. The van der Waals surface area contributed by atoms with Crippen LogP contribution in [0.15, 0.2) is 59.4 Å². The quantitative estimate of drug-likeness (QED) is 0.532. The second-order valence-electron chi connectivity index (χ2n) is 6.35. The van der Waals surface area contributed by atoms with Gasteiger partial charge in [-0.3, -0.25) is 9.88 Å². The van der Waals surface area contributed by atoms with Gasteiger partial charge in [-0.15, -0.1) is 0 Å². The molecule has 6 heteroatoms. The summed E-state index contributed by atoms with van der Waals surface area (Å²) in [4.78, 5) is 11.0. The summed E-state index contributed by atoms with van der Waals surface area (Å²) in [7, 11) is 2.06. The fraction of sp³-hybridized carbons (Fsp3) is 0.250. The van der Waals surface area contributed by atoms with Gasteiger partial charge >= 0.3 is 0 Å². The van der Waals surface area contributed by atoms with Crippen LogP contribution in [0.5, 0.6) is 0 Å². The fourth-order valence-corrected chi connectivity index (χ4v) is 3.21. The molecule has 0 aliphatic rings. The van der Waals surface area contributed by atoms with Crippen LogP contribution in [-0.4, -0.2) is 31.6 Å². The van der Waals surface area contributed by atoms with Gasteiger partial charge < -0.3 is 9.09 Å². The SMILES string of the molecule is CCn1c(CN(C)Cc2cc(-c3ccncc3)no2)nc2ccccc21. The van der Waals surface area contributed by atoms with E-state index in [4.69, 9.17) is 9.51 Å². The van der Waals surface area contributed by atoms with Crippen molar-refractivity contribution in [3.05, 3.63) is 66.4 Å². The highest BCUT2D eigenvalue weighted by Crippen LogP contribution is 2.20. The molecule has 0 saturated heterocycles. The van der Waals surface area contributed by atoms with Crippen LogP contribution in [0.25, 0.3) is 22.3 Å². The van der Waals surface area contributed by atoms with Crippen molar-refractivity contribution in [2.24, 2.45) is 0 Å². The average Bonchev–Trinajstić information content (AvgIpc) is 3.26. The van der Waals surface area contributed by atoms with Crippen LogP contribution < -0.4 is 0 Å². The van der Waals surface area contributed by atoms with E-state index in [1.165, 1.54) is 5.52 Å². The Morgan fingerprint density at radius 2 is 1.88 bits per heavy atom. The van der Waals surface area contributed by atoms with Crippen molar-refractivity contribution in [2.75, 3.05) is 7.05 Å². The normalized spacial score (nSPS) is 11.5. The predicted molar refractivity (Wildman–Crippen MR) is 100 cm³/mol. The van der Waals surface area contributed by atoms with Crippen LogP contribution >= 0.6 is 0 Å². The highest BCUT2D eigenvalue weighted by atomic mass is 16.5. The Hall–Kier alpha value is -2.99. The molecule has 3 heterocycles. The van der Waals surface area contributed by atoms with Crippen LogP contribution in [0.2, 0.25) is 0 Å². The van der Waals surface area contributed by atoms with E-state index in [2.05, 4.69) is 51.8 Å². The number of benzene rings is 1. The lowest BCUT2D eigenvalue weighted by molar-refractivity contribution is 0.259. The molecule has 0 spiro atoms. The Balaban J connectivity index is 1.49. The summed E-state index contributed by atoms with van der Waals surface area (Å²) in [5, 5.41) is 4.16. The summed E-state index contributed by atoms with van der Waals surface area (Å²) in [5.74, 6) is 1.89.